The minimum Gasteiger partial charge on any atom is -0.406 e. The van der Waals surface area contributed by atoms with Gasteiger partial charge in [-0.1, -0.05) is 0 Å². The number of nitriles is 1. The van der Waals surface area contributed by atoms with Crippen molar-refractivity contribution in [2.75, 3.05) is 19.4 Å². The molecule has 4 rings (SSSR count). The average molecular weight is 460 g/mol. The number of hydrogen-bond donors (Lipinski definition) is 2. The summed E-state index contributed by atoms with van der Waals surface area (Å²) in [5.41, 5.74) is 0.674. The number of ether oxygens (including phenoxy) is 1. The van der Waals surface area contributed by atoms with Crippen molar-refractivity contribution >= 4 is 22.4 Å². The minimum atomic E-state index is -4.78. The first kappa shape index (κ1) is 22.7. The Morgan fingerprint density at radius 1 is 1.24 bits per heavy atom. The maximum Gasteiger partial charge on any atom is 0.573 e. The van der Waals surface area contributed by atoms with Crippen LogP contribution in [0.4, 0.5) is 24.7 Å². The van der Waals surface area contributed by atoms with Crippen LogP contribution in [-0.4, -0.2) is 46.2 Å². The van der Waals surface area contributed by atoms with Gasteiger partial charge in [0.2, 0.25) is 0 Å². The number of anilines is 2. The summed E-state index contributed by atoms with van der Waals surface area (Å²) in [5, 5.41) is 17.8. The molecule has 1 aromatic carbocycles. The highest BCUT2D eigenvalue weighted by molar-refractivity contribution is 5.91. The molecule has 2 heterocycles. The van der Waals surface area contributed by atoms with Crippen LogP contribution in [0.1, 0.15) is 25.3 Å². The van der Waals surface area contributed by atoms with Gasteiger partial charge in [0, 0.05) is 17.9 Å². The lowest BCUT2D eigenvalue weighted by atomic mass is 9.82. The zero-order chi connectivity index (χ0) is 23.8. The quantitative estimate of drug-likeness (QED) is 0.593. The zero-order valence-electron chi connectivity index (χ0n) is 18.1. The molecule has 2 N–H and O–H groups in total. The molecule has 3 unspecified atom stereocenters. The molecule has 0 spiro atoms. The van der Waals surface area contributed by atoms with Gasteiger partial charge in [0.25, 0.3) is 5.56 Å². The molecule has 0 amide bonds. The van der Waals surface area contributed by atoms with Crippen molar-refractivity contribution in [2.24, 2.45) is 5.92 Å². The monoisotopic (exact) mass is 460 g/mol. The highest BCUT2D eigenvalue weighted by atomic mass is 19.4. The number of halogens is 3. The van der Waals surface area contributed by atoms with E-state index < -0.39 is 6.36 Å². The normalized spacial score (nSPS) is 21.2. The second-order valence-electron chi connectivity index (χ2n) is 8.29. The van der Waals surface area contributed by atoms with E-state index in [2.05, 4.69) is 31.1 Å². The first-order valence-corrected chi connectivity index (χ1v) is 10.4. The topological polar surface area (TPSA) is 99.0 Å². The number of pyridine rings is 1. The number of aromatic nitrogens is 3. The number of benzene rings is 1. The molecule has 174 valence electrons. The van der Waals surface area contributed by atoms with Crippen LogP contribution in [0, 0.1) is 17.2 Å². The summed E-state index contributed by atoms with van der Waals surface area (Å²) in [6.45, 7) is 0. The van der Waals surface area contributed by atoms with Crippen LogP contribution in [-0.2, 0) is 0 Å². The van der Waals surface area contributed by atoms with Crippen LogP contribution < -0.4 is 15.6 Å². The predicted octanol–water partition coefficient (Wildman–Crippen LogP) is 4.16. The second-order valence-corrected chi connectivity index (χ2v) is 8.29. The summed E-state index contributed by atoms with van der Waals surface area (Å²) in [5.74, 6) is -0.362. The predicted molar refractivity (Wildman–Crippen MR) is 116 cm³/mol. The van der Waals surface area contributed by atoms with E-state index in [1.165, 1.54) is 30.5 Å². The Bertz CT molecular complexity index is 1230. The average Bonchev–Trinajstić information content (AvgIpc) is 3.13. The van der Waals surface area contributed by atoms with Crippen molar-refractivity contribution in [1.82, 2.24) is 19.7 Å². The van der Waals surface area contributed by atoms with Gasteiger partial charge in [-0.3, -0.25) is 9.48 Å². The largest absolute Gasteiger partial charge is 0.573 e. The van der Waals surface area contributed by atoms with Crippen molar-refractivity contribution in [3.8, 4) is 11.8 Å². The molecular weight excluding hydrogens is 437 g/mol. The molecule has 1 fully saturated rings. The third-order valence-corrected chi connectivity index (χ3v) is 5.98. The fraction of sp³-hybridized carbons (Fsp3) is 0.409. The van der Waals surface area contributed by atoms with Gasteiger partial charge >= 0.3 is 6.36 Å². The first-order chi connectivity index (χ1) is 15.7. The highest BCUT2D eigenvalue weighted by Crippen LogP contribution is 2.38. The van der Waals surface area contributed by atoms with E-state index in [-0.39, 0.29) is 29.1 Å². The number of nitrogens with one attached hydrogen (secondary N) is 2. The second kappa shape index (κ2) is 8.78. The smallest absolute Gasteiger partial charge is 0.406 e. The Labute approximate surface area is 187 Å². The number of rotatable bonds is 5. The Morgan fingerprint density at radius 3 is 2.61 bits per heavy atom. The number of hydrogen-bond acceptors (Lipinski definition) is 6. The Morgan fingerprint density at radius 2 is 1.97 bits per heavy atom. The molecule has 3 aromatic rings. The molecule has 1 aliphatic rings. The third kappa shape index (κ3) is 4.80. The molecule has 1 aliphatic carbocycles. The molecule has 8 nitrogen and oxygen atoms in total. The van der Waals surface area contributed by atoms with E-state index in [4.69, 9.17) is 0 Å². The molecule has 3 atom stereocenters. The SMILES string of the molecule is CN(C)C1CCC(n2nc(Nc3ccc(OC(F)(F)F)cc3)c3c(=O)[nH]ccc32)C(C#N)C1. The van der Waals surface area contributed by atoms with Gasteiger partial charge in [0.05, 0.1) is 23.5 Å². The number of fused-ring (bicyclic) bond motifs is 1. The maximum atomic E-state index is 12.6. The highest BCUT2D eigenvalue weighted by Gasteiger charge is 2.35. The van der Waals surface area contributed by atoms with Crippen LogP contribution in [0.3, 0.4) is 0 Å². The van der Waals surface area contributed by atoms with Crippen LogP contribution in [0.2, 0.25) is 0 Å². The molecule has 11 heteroatoms. The van der Waals surface area contributed by atoms with Crippen molar-refractivity contribution in [3.63, 3.8) is 0 Å². The van der Waals surface area contributed by atoms with E-state index in [1.807, 2.05) is 14.1 Å². The molecule has 0 saturated heterocycles. The van der Waals surface area contributed by atoms with Gasteiger partial charge < -0.3 is 19.9 Å². The summed E-state index contributed by atoms with van der Waals surface area (Å²) in [6, 6.07) is 9.40. The van der Waals surface area contributed by atoms with Gasteiger partial charge in [-0.2, -0.15) is 10.4 Å². The lowest BCUT2D eigenvalue weighted by molar-refractivity contribution is -0.274. The summed E-state index contributed by atoms with van der Waals surface area (Å²) >= 11 is 0. The number of nitrogens with zero attached hydrogens (tertiary/aromatic N) is 4. The Kier molecular flexibility index (Phi) is 6.03. The molecule has 1 saturated carbocycles. The maximum absolute atomic E-state index is 12.6. The Balaban J connectivity index is 1.67. The fourth-order valence-electron chi connectivity index (χ4n) is 4.35. The standard InChI is InChI=1S/C22H23F3N6O2/c1-30(2)15-5-8-17(13(11-15)12-26)31-18-9-10-27-21(32)19(18)20(29-31)28-14-3-6-16(7-4-14)33-22(23,24)25/h3-4,6-7,9-10,13,15,17H,5,8,11H2,1-2H3,(H,27,32)(H,28,29). The molecule has 2 aromatic heterocycles. The molecule has 0 radical (unpaired) electrons. The fourth-order valence-corrected chi connectivity index (χ4v) is 4.35. The van der Waals surface area contributed by atoms with Crippen LogP contribution in [0.25, 0.3) is 10.9 Å². The van der Waals surface area contributed by atoms with Gasteiger partial charge in [-0.15, -0.1) is 13.2 Å². The number of aromatic amines is 1. The zero-order valence-corrected chi connectivity index (χ0v) is 18.1. The summed E-state index contributed by atoms with van der Waals surface area (Å²) in [7, 11) is 3.99. The van der Waals surface area contributed by atoms with Crippen molar-refractivity contribution < 1.29 is 17.9 Å². The molecule has 33 heavy (non-hydrogen) atoms. The first-order valence-electron chi connectivity index (χ1n) is 10.4. The van der Waals surface area contributed by atoms with Crippen LogP contribution >= 0.6 is 0 Å². The summed E-state index contributed by atoms with van der Waals surface area (Å²) in [6.07, 6.45) is -0.928. The van der Waals surface area contributed by atoms with E-state index >= 15 is 0 Å². The van der Waals surface area contributed by atoms with Crippen molar-refractivity contribution in [2.45, 2.75) is 37.7 Å². The summed E-state index contributed by atoms with van der Waals surface area (Å²) < 4.78 is 42.8. The van der Waals surface area contributed by atoms with Gasteiger partial charge in [-0.25, -0.2) is 0 Å². The van der Waals surface area contributed by atoms with E-state index in [9.17, 15) is 23.2 Å². The number of alkyl halides is 3. The number of H-pyrrole nitrogens is 1. The van der Waals surface area contributed by atoms with Crippen molar-refractivity contribution in [3.05, 3.63) is 46.9 Å². The van der Waals surface area contributed by atoms with Crippen LogP contribution in [0.15, 0.2) is 41.3 Å². The van der Waals surface area contributed by atoms with Gasteiger partial charge in [0.15, 0.2) is 5.82 Å². The minimum absolute atomic E-state index is 0.200. The lowest BCUT2D eigenvalue weighted by Gasteiger charge is -2.36. The lowest BCUT2D eigenvalue weighted by Crippen LogP contribution is -2.37. The third-order valence-electron chi connectivity index (χ3n) is 5.98. The molecule has 0 aliphatic heterocycles. The van der Waals surface area contributed by atoms with E-state index in [0.717, 1.165) is 12.8 Å². The molecular formula is C22H23F3N6O2. The Hall–Kier alpha value is -3.52. The molecule has 0 bridgehead atoms. The van der Waals surface area contributed by atoms with Gasteiger partial charge in [0.1, 0.15) is 11.1 Å². The van der Waals surface area contributed by atoms with E-state index in [0.29, 0.717) is 29.1 Å². The van der Waals surface area contributed by atoms with Crippen LogP contribution in [0.5, 0.6) is 5.75 Å². The van der Waals surface area contributed by atoms with E-state index in [1.54, 1.807) is 10.7 Å². The van der Waals surface area contributed by atoms with Crippen molar-refractivity contribution in [1.29, 1.82) is 5.26 Å². The summed E-state index contributed by atoms with van der Waals surface area (Å²) in [4.78, 5) is 17.4. The van der Waals surface area contributed by atoms with Gasteiger partial charge in [-0.05, 0) is 63.7 Å².